The molecule has 0 bridgehead atoms. The summed E-state index contributed by atoms with van der Waals surface area (Å²) in [6.45, 7) is 3.85. The third-order valence-electron chi connectivity index (χ3n) is 4.82. The van der Waals surface area contributed by atoms with Gasteiger partial charge < -0.3 is 9.47 Å². The Morgan fingerprint density at radius 2 is 2.07 bits per heavy atom. The van der Waals surface area contributed by atoms with Crippen molar-refractivity contribution in [1.82, 2.24) is 14.8 Å². The molecule has 2 heterocycles. The number of pyridine rings is 1. The van der Waals surface area contributed by atoms with Crippen LogP contribution in [0.15, 0.2) is 24.3 Å². The number of aryl methyl sites for hydroxylation is 3. The molecule has 0 amide bonds. The smallest absolute Gasteiger partial charge is 0.306 e. The zero-order valence-corrected chi connectivity index (χ0v) is 16.8. The molecular formula is C20H22N4O5. The number of hydrogen-bond donors (Lipinski definition) is 0. The van der Waals surface area contributed by atoms with Gasteiger partial charge in [0, 0.05) is 31.3 Å². The minimum atomic E-state index is -0.479. The fraction of sp³-hybridized carbons (Fsp3) is 0.350. The van der Waals surface area contributed by atoms with Gasteiger partial charge in [-0.3, -0.25) is 14.9 Å². The fourth-order valence-electron chi connectivity index (χ4n) is 3.33. The van der Waals surface area contributed by atoms with Crippen LogP contribution in [0.2, 0.25) is 0 Å². The van der Waals surface area contributed by atoms with Crippen LogP contribution in [0, 0.1) is 24.0 Å². The maximum Gasteiger partial charge on any atom is 0.306 e. The Hall–Kier alpha value is -3.49. The fourth-order valence-corrected chi connectivity index (χ4v) is 3.33. The number of nitro groups is 1. The summed E-state index contributed by atoms with van der Waals surface area (Å²) in [6, 6.07) is 6.04. The number of nitro benzene ring substituents is 1. The molecule has 3 rings (SSSR count). The zero-order valence-electron chi connectivity index (χ0n) is 16.8. The molecule has 0 N–H and O–H groups in total. The number of carbonyl (C=O) groups is 1. The third kappa shape index (κ3) is 4.18. The number of ether oxygens (including phenoxy) is 2. The van der Waals surface area contributed by atoms with Gasteiger partial charge in [0.2, 0.25) is 5.88 Å². The van der Waals surface area contributed by atoms with Crippen molar-refractivity contribution in [1.29, 1.82) is 0 Å². The third-order valence-corrected chi connectivity index (χ3v) is 4.82. The van der Waals surface area contributed by atoms with Gasteiger partial charge in [-0.25, -0.2) is 9.67 Å². The van der Waals surface area contributed by atoms with Crippen LogP contribution in [0.5, 0.6) is 5.88 Å². The Morgan fingerprint density at radius 3 is 2.76 bits per heavy atom. The summed E-state index contributed by atoms with van der Waals surface area (Å²) >= 11 is 0. The highest BCUT2D eigenvalue weighted by molar-refractivity contribution is 5.86. The van der Waals surface area contributed by atoms with Crippen LogP contribution >= 0.6 is 0 Å². The average molecular weight is 398 g/mol. The van der Waals surface area contributed by atoms with Crippen molar-refractivity contribution in [2.45, 2.75) is 33.3 Å². The normalized spacial score (nSPS) is 10.9. The predicted molar refractivity (Wildman–Crippen MR) is 106 cm³/mol. The molecule has 0 aliphatic carbocycles. The molecule has 152 valence electrons. The number of carbonyl (C=O) groups excluding carboxylic acids is 1. The molecule has 0 radical (unpaired) electrons. The van der Waals surface area contributed by atoms with E-state index in [2.05, 4.69) is 10.1 Å². The highest BCUT2D eigenvalue weighted by Crippen LogP contribution is 2.30. The van der Waals surface area contributed by atoms with E-state index in [1.807, 2.05) is 20.9 Å². The Bertz CT molecular complexity index is 1090. The second-order valence-corrected chi connectivity index (χ2v) is 6.72. The monoisotopic (exact) mass is 398 g/mol. The maximum atomic E-state index is 12.2. The van der Waals surface area contributed by atoms with Crippen molar-refractivity contribution in [3.05, 3.63) is 56.8 Å². The van der Waals surface area contributed by atoms with Gasteiger partial charge in [0.1, 0.15) is 6.61 Å². The van der Waals surface area contributed by atoms with Gasteiger partial charge in [0.05, 0.1) is 17.4 Å². The van der Waals surface area contributed by atoms with Gasteiger partial charge in [0.25, 0.3) is 5.69 Å². The number of nitrogens with zero attached hydrogens (tertiary/aromatic N) is 4. The summed E-state index contributed by atoms with van der Waals surface area (Å²) in [7, 11) is 3.37. The topological polar surface area (TPSA) is 109 Å². The van der Waals surface area contributed by atoms with E-state index in [1.54, 1.807) is 23.9 Å². The van der Waals surface area contributed by atoms with Crippen molar-refractivity contribution in [3.63, 3.8) is 0 Å². The molecule has 1 aromatic carbocycles. The van der Waals surface area contributed by atoms with Crippen molar-refractivity contribution in [2.24, 2.45) is 7.05 Å². The molecule has 2 aromatic heterocycles. The van der Waals surface area contributed by atoms with Crippen molar-refractivity contribution >= 4 is 22.7 Å². The lowest BCUT2D eigenvalue weighted by Gasteiger charge is -2.11. The Kier molecular flexibility index (Phi) is 5.76. The average Bonchev–Trinajstić information content (AvgIpc) is 3.02. The van der Waals surface area contributed by atoms with Crippen LogP contribution in [-0.4, -0.2) is 32.8 Å². The first-order valence-electron chi connectivity index (χ1n) is 9.07. The summed E-state index contributed by atoms with van der Waals surface area (Å²) in [5.74, 6) is 0.121. The summed E-state index contributed by atoms with van der Waals surface area (Å²) in [4.78, 5) is 27.2. The number of aromatic nitrogens is 3. The van der Waals surface area contributed by atoms with Gasteiger partial charge in [-0.2, -0.15) is 0 Å². The van der Waals surface area contributed by atoms with Crippen molar-refractivity contribution in [3.8, 4) is 5.88 Å². The Balaban J connectivity index is 1.69. The number of fused-ring (bicyclic) bond motifs is 1. The van der Waals surface area contributed by atoms with Crippen LogP contribution in [0.25, 0.3) is 11.0 Å². The number of benzene rings is 1. The first-order chi connectivity index (χ1) is 13.8. The number of methoxy groups -OCH3 is 1. The number of esters is 1. The highest BCUT2D eigenvalue weighted by atomic mass is 16.6. The molecule has 0 aliphatic rings. The quantitative estimate of drug-likeness (QED) is 0.341. The number of hydrogen-bond acceptors (Lipinski definition) is 7. The van der Waals surface area contributed by atoms with E-state index < -0.39 is 4.92 Å². The Morgan fingerprint density at radius 1 is 1.31 bits per heavy atom. The zero-order chi connectivity index (χ0) is 21.1. The number of rotatable bonds is 7. The molecule has 0 fully saturated rings. The highest BCUT2D eigenvalue weighted by Gasteiger charge is 2.18. The summed E-state index contributed by atoms with van der Waals surface area (Å²) < 4.78 is 12.3. The van der Waals surface area contributed by atoms with Gasteiger partial charge >= 0.3 is 5.97 Å². The second-order valence-electron chi connectivity index (χ2n) is 6.72. The molecule has 0 unspecified atom stereocenters. The van der Waals surface area contributed by atoms with E-state index in [-0.39, 0.29) is 24.7 Å². The van der Waals surface area contributed by atoms with Crippen LogP contribution in [0.1, 0.15) is 28.8 Å². The van der Waals surface area contributed by atoms with Crippen molar-refractivity contribution < 1.29 is 19.2 Å². The largest absolute Gasteiger partial charge is 0.479 e. The summed E-state index contributed by atoms with van der Waals surface area (Å²) in [5, 5.41) is 16.0. The van der Waals surface area contributed by atoms with E-state index in [0.717, 1.165) is 27.9 Å². The number of non-ortho nitro benzene ring substituents is 1. The summed E-state index contributed by atoms with van der Waals surface area (Å²) in [5.41, 5.74) is 4.03. The van der Waals surface area contributed by atoms with E-state index in [0.29, 0.717) is 17.9 Å². The molecule has 0 saturated heterocycles. The van der Waals surface area contributed by atoms with E-state index in [1.165, 1.54) is 12.1 Å². The molecular weight excluding hydrogens is 376 g/mol. The lowest BCUT2D eigenvalue weighted by atomic mass is 10.0. The SMILES string of the molecule is COc1nn(C)c2nc(C)c(CCC(=O)OCc3cccc([N+](=O)[O-])c3)c(C)c12. The van der Waals surface area contributed by atoms with Gasteiger partial charge in [0.15, 0.2) is 5.65 Å². The molecule has 9 heteroatoms. The first-order valence-corrected chi connectivity index (χ1v) is 9.07. The van der Waals surface area contributed by atoms with E-state index in [9.17, 15) is 14.9 Å². The van der Waals surface area contributed by atoms with Gasteiger partial charge in [-0.15, -0.1) is 5.10 Å². The van der Waals surface area contributed by atoms with Crippen LogP contribution < -0.4 is 4.74 Å². The first kappa shape index (κ1) is 20.2. The van der Waals surface area contributed by atoms with Crippen molar-refractivity contribution in [2.75, 3.05) is 7.11 Å². The molecule has 3 aromatic rings. The molecule has 0 saturated carbocycles. The summed E-state index contributed by atoms with van der Waals surface area (Å²) in [6.07, 6.45) is 0.638. The lowest BCUT2D eigenvalue weighted by Crippen LogP contribution is -2.08. The maximum absolute atomic E-state index is 12.2. The van der Waals surface area contributed by atoms with Gasteiger partial charge in [-0.1, -0.05) is 12.1 Å². The van der Waals surface area contributed by atoms with Crippen LogP contribution in [0.3, 0.4) is 0 Å². The molecule has 0 spiro atoms. The van der Waals surface area contributed by atoms with Crippen LogP contribution in [0.4, 0.5) is 5.69 Å². The minimum Gasteiger partial charge on any atom is -0.479 e. The van der Waals surface area contributed by atoms with E-state index >= 15 is 0 Å². The standard InChI is InChI=1S/C20H22N4O5/c1-12-16(13(2)21-19-18(12)20(28-4)22-23(19)3)8-9-17(25)29-11-14-6-5-7-15(10-14)24(26)27/h5-7,10H,8-9,11H2,1-4H3. The molecule has 29 heavy (non-hydrogen) atoms. The Labute approximate surface area is 167 Å². The van der Waals surface area contributed by atoms with Gasteiger partial charge in [-0.05, 0) is 37.0 Å². The van der Waals surface area contributed by atoms with E-state index in [4.69, 9.17) is 9.47 Å². The second kappa shape index (κ2) is 8.26. The molecule has 9 nitrogen and oxygen atoms in total. The minimum absolute atomic E-state index is 0.00775. The predicted octanol–water partition coefficient (Wildman–Crippen LogP) is 3.18. The lowest BCUT2D eigenvalue weighted by molar-refractivity contribution is -0.384. The molecule has 0 atom stereocenters. The van der Waals surface area contributed by atoms with Crippen LogP contribution in [-0.2, 0) is 29.6 Å². The molecule has 0 aliphatic heterocycles.